The molecule has 1 nitrogen and oxygen atoms in total. The number of unbranched alkanes of at least 4 members (excludes halogenated alkanes) is 2. The molecule has 1 heteroatoms. The Labute approximate surface area is 86.5 Å². The number of hydrogen-bond acceptors (Lipinski definition) is 1. The highest BCUT2D eigenvalue weighted by Crippen LogP contribution is 2.18. The van der Waals surface area contributed by atoms with Crippen molar-refractivity contribution >= 4 is 0 Å². The summed E-state index contributed by atoms with van der Waals surface area (Å²) in [5.74, 6) is 0. The summed E-state index contributed by atoms with van der Waals surface area (Å²) in [5.41, 5.74) is 4.52. The van der Waals surface area contributed by atoms with Crippen LogP contribution in [0.4, 0.5) is 0 Å². The maximum atomic E-state index is 3.38. The van der Waals surface area contributed by atoms with E-state index >= 15 is 0 Å². The van der Waals surface area contributed by atoms with Gasteiger partial charge in [0.25, 0.3) is 0 Å². The normalized spacial score (nSPS) is 14.4. The monoisotopic (exact) mass is 189 g/mol. The van der Waals surface area contributed by atoms with Crippen LogP contribution in [-0.2, 0) is 19.5 Å². The van der Waals surface area contributed by atoms with Crippen LogP contribution in [0.2, 0.25) is 0 Å². The Morgan fingerprint density at radius 1 is 1.14 bits per heavy atom. The number of nitrogens with one attached hydrogen (secondary N) is 1. The van der Waals surface area contributed by atoms with Crippen molar-refractivity contribution in [2.45, 2.75) is 45.7 Å². The summed E-state index contributed by atoms with van der Waals surface area (Å²) in [5, 5.41) is 3.38. The van der Waals surface area contributed by atoms with Crippen LogP contribution in [0.1, 0.15) is 42.9 Å². The van der Waals surface area contributed by atoms with Gasteiger partial charge in [0.1, 0.15) is 0 Å². The molecule has 76 valence electrons. The van der Waals surface area contributed by atoms with Crippen molar-refractivity contribution in [1.82, 2.24) is 5.32 Å². The molecule has 0 amide bonds. The Kier molecular flexibility index (Phi) is 3.20. The minimum Gasteiger partial charge on any atom is -0.309 e. The van der Waals surface area contributed by atoms with Gasteiger partial charge in [0.2, 0.25) is 0 Å². The molecule has 1 N–H and O–H groups in total. The second-order valence-electron chi connectivity index (χ2n) is 4.16. The molecule has 1 aliphatic heterocycles. The van der Waals surface area contributed by atoms with Gasteiger partial charge in [0.15, 0.2) is 0 Å². The second kappa shape index (κ2) is 4.61. The first-order valence-electron chi connectivity index (χ1n) is 5.71. The summed E-state index contributed by atoms with van der Waals surface area (Å²) >= 11 is 0. The van der Waals surface area contributed by atoms with E-state index in [1.165, 1.54) is 42.4 Å². The number of hydrogen-bond donors (Lipinski definition) is 1. The molecule has 2 rings (SSSR count). The van der Waals surface area contributed by atoms with E-state index in [1.807, 2.05) is 0 Å². The lowest BCUT2D eigenvalue weighted by atomic mass is 10.0. The number of rotatable bonds is 4. The molecule has 1 aromatic carbocycles. The summed E-state index contributed by atoms with van der Waals surface area (Å²) in [6.45, 7) is 4.38. The van der Waals surface area contributed by atoms with Gasteiger partial charge in [-0.15, -0.1) is 0 Å². The third-order valence-corrected chi connectivity index (χ3v) is 2.97. The Balaban J connectivity index is 1.98. The standard InChI is InChI=1S/C13H19N/c1-2-3-4-5-11-6-7-12-9-14-10-13(12)8-11/h6-8,14H,2-5,9-10H2,1H3. The number of aryl methyl sites for hydroxylation is 1. The van der Waals surface area contributed by atoms with Gasteiger partial charge in [-0.05, 0) is 29.5 Å². The van der Waals surface area contributed by atoms with Gasteiger partial charge in [-0.3, -0.25) is 0 Å². The van der Waals surface area contributed by atoms with E-state index in [-0.39, 0.29) is 0 Å². The summed E-state index contributed by atoms with van der Waals surface area (Å²) in [4.78, 5) is 0. The van der Waals surface area contributed by atoms with Gasteiger partial charge in [0.05, 0.1) is 0 Å². The van der Waals surface area contributed by atoms with Crippen LogP contribution < -0.4 is 5.32 Å². The molecule has 0 atom stereocenters. The van der Waals surface area contributed by atoms with E-state index in [9.17, 15) is 0 Å². The van der Waals surface area contributed by atoms with Gasteiger partial charge >= 0.3 is 0 Å². The summed E-state index contributed by atoms with van der Waals surface area (Å²) in [6, 6.07) is 6.96. The van der Waals surface area contributed by atoms with Crippen LogP contribution in [0.25, 0.3) is 0 Å². The van der Waals surface area contributed by atoms with Crippen molar-refractivity contribution in [1.29, 1.82) is 0 Å². The predicted octanol–water partition coefficient (Wildman–Crippen LogP) is 3.02. The third-order valence-electron chi connectivity index (χ3n) is 2.97. The zero-order valence-corrected chi connectivity index (χ0v) is 8.97. The number of benzene rings is 1. The van der Waals surface area contributed by atoms with Gasteiger partial charge in [-0.2, -0.15) is 0 Å². The molecule has 14 heavy (non-hydrogen) atoms. The average molecular weight is 189 g/mol. The molecule has 0 aliphatic carbocycles. The Bertz CT molecular complexity index is 304. The van der Waals surface area contributed by atoms with Crippen LogP contribution in [0.15, 0.2) is 18.2 Å². The lowest BCUT2D eigenvalue weighted by molar-refractivity contribution is 0.717. The fourth-order valence-corrected chi connectivity index (χ4v) is 2.08. The van der Waals surface area contributed by atoms with Crippen molar-refractivity contribution < 1.29 is 0 Å². The first-order chi connectivity index (χ1) is 6.90. The van der Waals surface area contributed by atoms with Crippen LogP contribution in [0, 0.1) is 0 Å². The molecule has 0 radical (unpaired) electrons. The quantitative estimate of drug-likeness (QED) is 0.718. The molecule has 1 aliphatic rings. The minimum atomic E-state index is 1.06. The SMILES string of the molecule is CCCCCc1ccc2c(c1)CNC2. The average Bonchev–Trinajstić information content (AvgIpc) is 2.65. The maximum absolute atomic E-state index is 3.38. The van der Waals surface area contributed by atoms with Crippen LogP contribution in [0.3, 0.4) is 0 Å². The van der Waals surface area contributed by atoms with Crippen LogP contribution in [0.5, 0.6) is 0 Å². The van der Waals surface area contributed by atoms with E-state index in [4.69, 9.17) is 0 Å². The molecule has 1 aromatic rings. The predicted molar refractivity (Wildman–Crippen MR) is 60.2 cm³/mol. The Morgan fingerprint density at radius 2 is 2.00 bits per heavy atom. The molecular weight excluding hydrogens is 170 g/mol. The summed E-state index contributed by atoms with van der Waals surface area (Å²) < 4.78 is 0. The van der Waals surface area contributed by atoms with E-state index in [2.05, 4.69) is 30.4 Å². The zero-order valence-electron chi connectivity index (χ0n) is 8.97. The molecule has 1 heterocycles. The topological polar surface area (TPSA) is 12.0 Å². The lowest BCUT2D eigenvalue weighted by Crippen LogP contribution is -1.99. The molecule has 0 aromatic heterocycles. The van der Waals surface area contributed by atoms with Crippen molar-refractivity contribution in [2.24, 2.45) is 0 Å². The summed E-state index contributed by atoms with van der Waals surface area (Å²) in [7, 11) is 0. The van der Waals surface area contributed by atoms with Crippen molar-refractivity contribution in [3.63, 3.8) is 0 Å². The molecular formula is C13H19N. The smallest absolute Gasteiger partial charge is 0.0212 e. The second-order valence-corrected chi connectivity index (χ2v) is 4.16. The van der Waals surface area contributed by atoms with E-state index < -0.39 is 0 Å². The van der Waals surface area contributed by atoms with E-state index in [0.29, 0.717) is 0 Å². The molecule has 0 saturated heterocycles. The first-order valence-corrected chi connectivity index (χ1v) is 5.71. The number of fused-ring (bicyclic) bond motifs is 1. The van der Waals surface area contributed by atoms with Gasteiger partial charge in [-0.1, -0.05) is 38.0 Å². The third kappa shape index (κ3) is 2.16. The molecule has 0 spiro atoms. The van der Waals surface area contributed by atoms with E-state index in [1.54, 1.807) is 0 Å². The van der Waals surface area contributed by atoms with Gasteiger partial charge in [0, 0.05) is 13.1 Å². The minimum absolute atomic E-state index is 1.06. The van der Waals surface area contributed by atoms with E-state index in [0.717, 1.165) is 13.1 Å². The Hall–Kier alpha value is -0.820. The van der Waals surface area contributed by atoms with Gasteiger partial charge < -0.3 is 5.32 Å². The molecule has 0 saturated carbocycles. The van der Waals surface area contributed by atoms with Crippen LogP contribution >= 0.6 is 0 Å². The van der Waals surface area contributed by atoms with Crippen molar-refractivity contribution in [2.75, 3.05) is 0 Å². The maximum Gasteiger partial charge on any atom is 0.0212 e. The highest BCUT2D eigenvalue weighted by Gasteiger charge is 2.09. The highest BCUT2D eigenvalue weighted by molar-refractivity contribution is 5.34. The zero-order chi connectivity index (χ0) is 9.80. The van der Waals surface area contributed by atoms with Crippen molar-refractivity contribution in [3.05, 3.63) is 34.9 Å². The molecule has 0 bridgehead atoms. The van der Waals surface area contributed by atoms with Crippen molar-refractivity contribution in [3.8, 4) is 0 Å². The summed E-state index contributed by atoms with van der Waals surface area (Å²) in [6.07, 6.45) is 5.26. The molecule has 0 fully saturated rings. The molecule has 0 unspecified atom stereocenters. The van der Waals surface area contributed by atoms with Crippen LogP contribution in [-0.4, -0.2) is 0 Å². The lowest BCUT2D eigenvalue weighted by Gasteiger charge is -2.03. The largest absolute Gasteiger partial charge is 0.309 e. The Morgan fingerprint density at radius 3 is 2.86 bits per heavy atom. The first kappa shape index (κ1) is 9.72. The fourth-order valence-electron chi connectivity index (χ4n) is 2.08. The van der Waals surface area contributed by atoms with Gasteiger partial charge in [-0.25, -0.2) is 0 Å². The fraction of sp³-hybridized carbons (Fsp3) is 0.538. The highest BCUT2D eigenvalue weighted by atomic mass is 14.9.